The number of hydroxylamine groups is 1. The molecule has 0 saturated heterocycles. The Balaban J connectivity index is 1.65. The molecule has 0 aliphatic carbocycles. The molecule has 6 nitrogen and oxygen atoms in total. The molecule has 0 aliphatic heterocycles. The minimum Gasteiger partial charge on any atom is -0.289 e. The molecule has 0 saturated carbocycles. The number of rotatable bonds is 5. The standard InChI is InChI=1S/C17H14ClN3O3/c18-13-6-7-15-14(8-13)17(23)21(11-19-15)9-16(22)20-24-10-12-4-2-1-3-5-12/h1-8,11H,9-10H2,(H,20,22). The van der Waals surface area contributed by atoms with Crippen molar-refractivity contribution >= 4 is 28.4 Å². The fraction of sp³-hybridized carbons (Fsp3) is 0.118. The van der Waals surface area contributed by atoms with E-state index in [1.54, 1.807) is 12.1 Å². The van der Waals surface area contributed by atoms with E-state index >= 15 is 0 Å². The molecular formula is C17H14ClN3O3. The van der Waals surface area contributed by atoms with E-state index in [9.17, 15) is 9.59 Å². The minimum absolute atomic E-state index is 0.191. The zero-order valence-electron chi connectivity index (χ0n) is 12.6. The Labute approximate surface area is 142 Å². The first kappa shape index (κ1) is 16.2. The van der Waals surface area contributed by atoms with Crippen molar-refractivity contribution in [1.82, 2.24) is 15.0 Å². The quantitative estimate of drug-likeness (QED) is 0.721. The predicted molar refractivity (Wildman–Crippen MR) is 90.4 cm³/mol. The largest absolute Gasteiger partial charge is 0.289 e. The maximum absolute atomic E-state index is 12.4. The number of nitrogens with zero attached hydrogens (tertiary/aromatic N) is 2. The molecule has 1 amide bonds. The number of amides is 1. The van der Waals surface area contributed by atoms with E-state index in [-0.39, 0.29) is 18.7 Å². The molecule has 1 heterocycles. The molecular weight excluding hydrogens is 330 g/mol. The third-order valence-electron chi connectivity index (χ3n) is 3.37. The van der Waals surface area contributed by atoms with Crippen LogP contribution in [0.3, 0.4) is 0 Å². The highest BCUT2D eigenvalue weighted by Gasteiger charge is 2.08. The van der Waals surface area contributed by atoms with Gasteiger partial charge in [-0.2, -0.15) is 0 Å². The second kappa shape index (κ2) is 7.25. The Morgan fingerprint density at radius 3 is 2.79 bits per heavy atom. The van der Waals surface area contributed by atoms with E-state index in [0.29, 0.717) is 15.9 Å². The van der Waals surface area contributed by atoms with Crippen LogP contribution in [0, 0.1) is 0 Å². The summed E-state index contributed by atoms with van der Waals surface area (Å²) in [7, 11) is 0. The van der Waals surface area contributed by atoms with Crippen LogP contribution in [0.4, 0.5) is 0 Å². The van der Waals surface area contributed by atoms with Gasteiger partial charge in [-0.3, -0.25) is 19.0 Å². The van der Waals surface area contributed by atoms with Crippen LogP contribution in [0.25, 0.3) is 10.9 Å². The van der Waals surface area contributed by atoms with Gasteiger partial charge in [0.2, 0.25) is 0 Å². The Kier molecular flexibility index (Phi) is 4.88. The predicted octanol–water partition coefficient (Wildman–Crippen LogP) is 2.30. The highest BCUT2D eigenvalue weighted by Crippen LogP contribution is 2.13. The van der Waals surface area contributed by atoms with Crippen LogP contribution in [0.5, 0.6) is 0 Å². The summed E-state index contributed by atoms with van der Waals surface area (Å²) in [5, 5.41) is 0.804. The molecule has 0 unspecified atom stereocenters. The highest BCUT2D eigenvalue weighted by molar-refractivity contribution is 6.31. The Bertz CT molecular complexity index is 925. The summed E-state index contributed by atoms with van der Waals surface area (Å²) in [6.45, 7) is 0.0517. The first-order chi connectivity index (χ1) is 11.6. The lowest BCUT2D eigenvalue weighted by Crippen LogP contribution is -2.32. The maximum Gasteiger partial charge on any atom is 0.263 e. The lowest BCUT2D eigenvalue weighted by atomic mass is 10.2. The van der Waals surface area contributed by atoms with Crippen molar-refractivity contribution in [2.75, 3.05) is 0 Å². The van der Waals surface area contributed by atoms with Crippen LogP contribution in [-0.2, 0) is 22.8 Å². The molecule has 3 rings (SSSR count). The number of carbonyl (C=O) groups is 1. The number of hydrogen-bond donors (Lipinski definition) is 1. The summed E-state index contributed by atoms with van der Waals surface area (Å²) in [5.74, 6) is -0.448. The van der Waals surface area contributed by atoms with Crippen LogP contribution in [0.1, 0.15) is 5.56 Å². The minimum atomic E-state index is -0.448. The zero-order valence-corrected chi connectivity index (χ0v) is 13.4. The molecule has 3 aromatic rings. The van der Waals surface area contributed by atoms with E-state index in [2.05, 4.69) is 10.5 Å². The van der Waals surface area contributed by atoms with Crippen LogP contribution in [0.15, 0.2) is 59.7 Å². The van der Waals surface area contributed by atoms with Crippen molar-refractivity contribution in [3.63, 3.8) is 0 Å². The normalized spacial score (nSPS) is 10.7. The molecule has 0 atom stereocenters. The van der Waals surface area contributed by atoms with Crippen LogP contribution in [0.2, 0.25) is 5.02 Å². The molecule has 1 N–H and O–H groups in total. The zero-order chi connectivity index (χ0) is 16.9. The van der Waals surface area contributed by atoms with Gasteiger partial charge < -0.3 is 0 Å². The molecule has 122 valence electrons. The lowest BCUT2D eigenvalue weighted by molar-refractivity contribution is -0.135. The van der Waals surface area contributed by atoms with Crippen molar-refractivity contribution in [2.45, 2.75) is 13.2 Å². The van der Waals surface area contributed by atoms with Gasteiger partial charge in [0.25, 0.3) is 11.5 Å². The van der Waals surface area contributed by atoms with Gasteiger partial charge in [-0.15, -0.1) is 0 Å². The number of nitrogens with one attached hydrogen (secondary N) is 1. The first-order valence-electron chi connectivity index (χ1n) is 7.23. The average molecular weight is 344 g/mol. The number of carbonyl (C=O) groups excluding carboxylic acids is 1. The molecule has 0 bridgehead atoms. The summed E-state index contributed by atoms with van der Waals surface area (Å²) in [6.07, 6.45) is 1.33. The van der Waals surface area contributed by atoms with Gasteiger partial charge in [0.15, 0.2) is 0 Å². The molecule has 1 aromatic heterocycles. The summed E-state index contributed by atoms with van der Waals surface area (Å²) in [4.78, 5) is 33.6. The molecule has 0 spiro atoms. The van der Waals surface area contributed by atoms with Crippen molar-refractivity contribution in [3.8, 4) is 0 Å². The monoisotopic (exact) mass is 343 g/mol. The van der Waals surface area contributed by atoms with Crippen LogP contribution >= 0.6 is 11.6 Å². The summed E-state index contributed by atoms with van der Waals surface area (Å²) < 4.78 is 1.21. The number of hydrogen-bond acceptors (Lipinski definition) is 4. The number of aromatic nitrogens is 2. The van der Waals surface area contributed by atoms with Gasteiger partial charge in [-0.05, 0) is 23.8 Å². The fourth-order valence-corrected chi connectivity index (χ4v) is 2.38. The fourth-order valence-electron chi connectivity index (χ4n) is 2.20. The van der Waals surface area contributed by atoms with Crippen LogP contribution in [-0.4, -0.2) is 15.5 Å². The molecule has 7 heteroatoms. The van der Waals surface area contributed by atoms with Gasteiger partial charge in [0.1, 0.15) is 6.54 Å². The van der Waals surface area contributed by atoms with Gasteiger partial charge in [0.05, 0.1) is 23.8 Å². The maximum atomic E-state index is 12.4. The van der Waals surface area contributed by atoms with E-state index < -0.39 is 5.91 Å². The van der Waals surface area contributed by atoms with E-state index in [0.717, 1.165) is 5.56 Å². The second-order valence-corrected chi connectivity index (χ2v) is 5.58. The van der Waals surface area contributed by atoms with Crippen molar-refractivity contribution in [2.24, 2.45) is 0 Å². The third-order valence-corrected chi connectivity index (χ3v) is 3.60. The number of halogens is 1. The van der Waals surface area contributed by atoms with Crippen molar-refractivity contribution < 1.29 is 9.63 Å². The van der Waals surface area contributed by atoms with Gasteiger partial charge in [-0.25, -0.2) is 10.5 Å². The SMILES string of the molecule is O=C(Cn1cnc2ccc(Cl)cc2c1=O)NOCc1ccccc1. The topological polar surface area (TPSA) is 73.2 Å². The highest BCUT2D eigenvalue weighted by atomic mass is 35.5. The Morgan fingerprint density at radius 1 is 1.21 bits per heavy atom. The van der Waals surface area contributed by atoms with Gasteiger partial charge >= 0.3 is 0 Å². The molecule has 0 fully saturated rings. The van der Waals surface area contributed by atoms with E-state index in [1.807, 2.05) is 30.3 Å². The molecule has 0 radical (unpaired) electrons. The number of fused-ring (bicyclic) bond motifs is 1. The summed E-state index contributed by atoms with van der Waals surface area (Å²) in [6, 6.07) is 14.3. The number of benzene rings is 2. The Morgan fingerprint density at radius 2 is 2.00 bits per heavy atom. The van der Waals surface area contributed by atoms with E-state index in [1.165, 1.54) is 17.0 Å². The Hall–Kier alpha value is -2.70. The van der Waals surface area contributed by atoms with Gasteiger partial charge in [-0.1, -0.05) is 41.9 Å². The smallest absolute Gasteiger partial charge is 0.263 e. The summed E-state index contributed by atoms with van der Waals surface area (Å²) in [5.41, 5.74) is 3.44. The summed E-state index contributed by atoms with van der Waals surface area (Å²) >= 11 is 5.90. The lowest BCUT2D eigenvalue weighted by Gasteiger charge is -2.08. The van der Waals surface area contributed by atoms with Crippen molar-refractivity contribution in [1.29, 1.82) is 0 Å². The van der Waals surface area contributed by atoms with E-state index in [4.69, 9.17) is 16.4 Å². The molecule has 0 aliphatic rings. The van der Waals surface area contributed by atoms with Crippen LogP contribution < -0.4 is 11.0 Å². The third kappa shape index (κ3) is 3.79. The first-order valence-corrected chi connectivity index (χ1v) is 7.60. The van der Waals surface area contributed by atoms with Gasteiger partial charge in [0, 0.05) is 5.02 Å². The van der Waals surface area contributed by atoms with Crippen molar-refractivity contribution in [3.05, 3.63) is 75.8 Å². The molecule has 2 aromatic carbocycles. The molecule has 24 heavy (non-hydrogen) atoms. The average Bonchev–Trinajstić information content (AvgIpc) is 2.59. The second-order valence-electron chi connectivity index (χ2n) is 5.14.